The van der Waals surface area contributed by atoms with E-state index in [2.05, 4.69) is 57.3 Å². The predicted molar refractivity (Wildman–Crippen MR) is 90.0 cm³/mol. The summed E-state index contributed by atoms with van der Waals surface area (Å²) in [7, 11) is 0. The highest BCUT2D eigenvalue weighted by atomic mass is 79.9. The molecule has 0 aliphatic rings. The molecule has 3 heteroatoms. The Morgan fingerprint density at radius 2 is 1.76 bits per heavy atom. The van der Waals surface area contributed by atoms with Gasteiger partial charge in [-0.05, 0) is 34.5 Å². The van der Waals surface area contributed by atoms with Crippen LogP contribution in [0.25, 0.3) is 10.8 Å². The minimum Gasteiger partial charge on any atom is -0.493 e. The summed E-state index contributed by atoms with van der Waals surface area (Å²) in [6.45, 7) is 0.669. The normalized spacial score (nSPS) is 10.7. The van der Waals surface area contributed by atoms with E-state index in [4.69, 9.17) is 4.74 Å². The molecule has 0 saturated carbocycles. The maximum absolute atomic E-state index is 5.99. The third-order valence-electron chi connectivity index (χ3n) is 3.53. The van der Waals surface area contributed by atoms with Crippen molar-refractivity contribution in [1.29, 1.82) is 0 Å². The molecule has 3 aromatic rings. The largest absolute Gasteiger partial charge is 0.493 e. The maximum atomic E-state index is 5.99. The van der Waals surface area contributed by atoms with Crippen LogP contribution in [0.4, 0.5) is 0 Å². The first-order valence-electron chi connectivity index (χ1n) is 6.97. The zero-order valence-electron chi connectivity index (χ0n) is 11.6. The van der Waals surface area contributed by atoms with Gasteiger partial charge in [0.2, 0.25) is 0 Å². The van der Waals surface area contributed by atoms with Crippen molar-refractivity contribution in [2.24, 2.45) is 0 Å². The van der Waals surface area contributed by atoms with Crippen molar-refractivity contribution < 1.29 is 4.74 Å². The number of nitrogens with zero attached hydrogens (tertiary/aromatic N) is 1. The van der Waals surface area contributed by atoms with Gasteiger partial charge in [0, 0.05) is 29.7 Å². The van der Waals surface area contributed by atoms with Crippen molar-refractivity contribution >= 4 is 26.7 Å². The number of halogens is 1. The first kappa shape index (κ1) is 14.1. The first-order valence-corrected chi connectivity index (χ1v) is 8.09. The topological polar surface area (TPSA) is 22.1 Å². The van der Waals surface area contributed by atoms with Crippen LogP contribution in [0.1, 0.15) is 11.1 Å². The summed E-state index contributed by atoms with van der Waals surface area (Å²) in [6, 6.07) is 16.6. The number of alkyl halides is 1. The van der Waals surface area contributed by atoms with Gasteiger partial charge in [-0.25, -0.2) is 0 Å². The predicted octanol–water partition coefficient (Wildman–Crippen LogP) is 4.75. The minimum atomic E-state index is 0.669. The number of hydrogen-bond acceptors (Lipinski definition) is 2. The Bertz CT molecular complexity index is 728. The van der Waals surface area contributed by atoms with Gasteiger partial charge >= 0.3 is 0 Å². The van der Waals surface area contributed by atoms with E-state index < -0.39 is 0 Å². The van der Waals surface area contributed by atoms with Crippen molar-refractivity contribution in [2.75, 3.05) is 6.61 Å². The zero-order valence-corrected chi connectivity index (χ0v) is 13.2. The van der Waals surface area contributed by atoms with Crippen LogP contribution >= 0.6 is 15.9 Å². The third kappa shape index (κ3) is 3.24. The Hall–Kier alpha value is -1.87. The van der Waals surface area contributed by atoms with E-state index in [9.17, 15) is 0 Å². The molecule has 0 N–H and O–H groups in total. The summed E-state index contributed by atoms with van der Waals surface area (Å²) in [5.74, 6) is 0.958. The molecule has 0 amide bonds. The lowest BCUT2D eigenvalue weighted by Crippen LogP contribution is -2.03. The molecule has 0 fully saturated rings. The van der Waals surface area contributed by atoms with Gasteiger partial charge < -0.3 is 4.74 Å². The minimum absolute atomic E-state index is 0.669. The van der Waals surface area contributed by atoms with Gasteiger partial charge in [-0.1, -0.05) is 46.3 Å². The van der Waals surface area contributed by atoms with Gasteiger partial charge in [0.05, 0.1) is 6.61 Å². The molecule has 106 valence electrons. The van der Waals surface area contributed by atoms with Crippen molar-refractivity contribution in [3.8, 4) is 5.75 Å². The fourth-order valence-corrected chi connectivity index (χ4v) is 3.00. The molecule has 0 atom stereocenters. The summed E-state index contributed by atoms with van der Waals surface area (Å²) >= 11 is 3.58. The monoisotopic (exact) mass is 341 g/mol. The SMILES string of the molecule is BrCc1c(OCCc2ccncc2)ccc2ccccc12. The average Bonchev–Trinajstić information content (AvgIpc) is 2.55. The van der Waals surface area contributed by atoms with E-state index in [1.165, 1.54) is 21.9 Å². The second kappa shape index (κ2) is 6.72. The molecule has 0 aliphatic heterocycles. The molecule has 1 heterocycles. The molecule has 2 aromatic carbocycles. The summed E-state index contributed by atoms with van der Waals surface area (Å²) < 4.78 is 5.99. The Morgan fingerprint density at radius 3 is 2.57 bits per heavy atom. The standard InChI is InChI=1S/C18H16BrNO/c19-13-17-16-4-2-1-3-15(16)5-6-18(17)21-12-9-14-7-10-20-11-8-14/h1-8,10-11H,9,12-13H2. The van der Waals surface area contributed by atoms with Gasteiger partial charge in [0.15, 0.2) is 0 Å². The van der Waals surface area contributed by atoms with E-state index in [0.29, 0.717) is 6.61 Å². The Morgan fingerprint density at radius 1 is 0.952 bits per heavy atom. The summed E-state index contributed by atoms with van der Waals surface area (Å²) in [5.41, 5.74) is 2.45. The fraction of sp³-hybridized carbons (Fsp3) is 0.167. The van der Waals surface area contributed by atoms with Crippen LogP contribution < -0.4 is 4.74 Å². The number of hydrogen-bond donors (Lipinski definition) is 0. The quantitative estimate of drug-likeness (QED) is 0.624. The van der Waals surface area contributed by atoms with E-state index in [0.717, 1.165) is 17.5 Å². The van der Waals surface area contributed by atoms with Crippen molar-refractivity contribution in [1.82, 2.24) is 4.98 Å². The molecule has 1 aromatic heterocycles. The number of aromatic nitrogens is 1. The van der Waals surface area contributed by atoms with Gasteiger partial charge in [0.1, 0.15) is 5.75 Å². The van der Waals surface area contributed by atoms with Crippen molar-refractivity contribution in [3.63, 3.8) is 0 Å². The van der Waals surface area contributed by atoms with E-state index in [1.807, 2.05) is 24.5 Å². The number of pyridine rings is 1. The smallest absolute Gasteiger partial charge is 0.123 e. The second-order valence-electron chi connectivity index (χ2n) is 4.85. The van der Waals surface area contributed by atoms with Crippen LogP contribution in [-0.2, 0) is 11.8 Å². The molecular formula is C18H16BrNO. The summed E-state index contributed by atoms with van der Waals surface area (Å²) in [4.78, 5) is 4.03. The summed E-state index contributed by atoms with van der Waals surface area (Å²) in [5, 5.41) is 3.28. The average molecular weight is 342 g/mol. The molecule has 0 aliphatic carbocycles. The van der Waals surface area contributed by atoms with E-state index in [-0.39, 0.29) is 0 Å². The van der Waals surface area contributed by atoms with Crippen LogP contribution in [0.5, 0.6) is 5.75 Å². The molecule has 0 saturated heterocycles. The lowest BCUT2D eigenvalue weighted by Gasteiger charge is -2.12. The lowest BCUT2D eigenvalue weighted by atomic mass is 10.0. The molecule has 21 heavy (non-hydrogen) atoms. The number of ether oxygens (including phenoxy) is 1. The van der Waals surface area contributed by atoms with E-state index >= 15 is 0 Å². The number of benzene rings is 2. The van der Waals surface area contributed by atoms with Crippen LogP contribution in [0.15, 0.2) is 60.9 Å². The maximum Gasteiger partial charge on any atom is 0.123 e. The lowest BCUT2D eigenvalue weighted by molar-refractivity contribution is 0.320. The highest BCUT2D eigenvalue weighted by Crippen LogP contribution is 2.30. The molecule has 0 radical (unpaired) electrons. The number of rotatable bonds is 5. The van der Waals surface area contributed by atoms with Crippen LogP contribution in [-0.4, -0.2) is 11.6 Å². The highest BCUT2D eigenvalue weighted by molar-refractivity contribution is 9.08. The molecule has 0 bridgehead atoms. The Balaban J connectivity index is 1.77. The zero-order chi connectivity index (χ0) is 14.5. The Kier molecular flexibility index (Phi) is 4.51. The molecular weight excluding hydrogens is 326 g/mol. The molecule has 0 unspecified atom stereocenters. The third-order valence-corrected chi connectivity index (χ3v) is 4.09. The van der Waals surface area contributed by atoms with Gasteiger partial charge in [-0.15, -0.1) is 0 Å². The van der Waals surface area contributed by atoms with E-state index in [1.54, 1.807) is 0 Å². The molecule has 0 spiro atoms. The van der Waals surface area contributed by atoms with Gasteiger partial charge in [0.25, 0.3) is 0 Å². The van der Waals surface area contributed by atoms with Crippen molar-refractivity contribution in [2.45, 2.75) is 11.8 Å². The van der Waals surface area contributed by atoms with Gasteiger partial charge in [-0.2, -0.15) is 0 Å². The first-order chi connectivity index (χ1) is 10.4. The van der Waals surface area contributed by atoms with Crippen molar-refractivity contribution in [3.05, 3.63) is 72.1 Å². The van der Waals surface area contributed by atoms with Crippen LogP contribution in [0.3, 0.4) is 0 Å². The highest BCUT2D eigenvalue weighted by Gasteiger charge is 2.07. The van der Waals surface area contributed by atoms with Crippen LogP contribution in [0.2, 0.25) is 0 Å². The molecule has 3 rings (SSSR count). The van der Waals surface area contributed by atoms with Crippen LogP contribution in [0, 0.1) is 0 Å². The second-order valence-corrected chi connectivity index (χ2v) is 5.41. The number of fused-ring (bicyclic) bond motifs is 1. The Labute approximate surface area is 132 Å². The fourth-order valence-electron chi connectivity index (χ4n) is 2.42. The molecule has 2 nitrogen and oxygen atoms in total. The van der Waals surface area contributed by atoms with Gasteiger partial charge in [-0.3, -0.25) is 4.98 Å². The summed E-state index contributed by atoms with van der Waals surface area (Å²) in [6.07, 6.45) is 4.52.